The van der Waals surface area contributed by atoms with Crippen molar-refractivity contribution in [3.05, 3.63) is 29.8 Å². The summed E-state index contributed by atoms with van der Waals surface area (Å²) in [7, 11) is 1.72. The Bertz CT molecular complexity index is 431. The van der Waals surface area contributed by atoms with E-state index in [4.69, 9.17) is 15.2 Å². The van der Waals surface area contributed by atoms with Gasteiger partial charge in [-0.25, -0.2) is 0 Å². The van der Waals surface area contributed by atoms with Crippen LogP contribution in [0.1, 0.15) is 38.3 Å². The van der Waals surface area contributed by atoms with Gasteiger partial charge in [0.15, 0.2) is 0 Å². The highest BCUT2D eigenvalue weighted by Gasteiger charge is 2.28. The lowest BCUT2D eigenvalue weighted by Crippen LogP contribution is -2.43. The summed E-state index contributed by atoms with van der Waals surface area (Å²) in [4.78, 5) is 2.42. The van der Waals surface area contributed by atoms with Gasteiger partial charge in [-0.1, -0.05) is 25.1 Å². The Kier molecular flexibility index (Phi) is 6.03. The van der Waals surface area contributed by atoms with Gasteiger partial charge in [0.1, 0.15) is 5.75 Å². The number of hydrogen-bond donors (Lipinski definition) is 1. The highest BCUT2D eigenvalue weighted by atomic mass is 16.5. The minimum Gasteiger partial charge on any atom is -0.496 e. The largest absolute Gasteiger partial charge is 0.496 e. The molecule has 2 N–H and O–H groups in total. The zero-order valence-electron chi connectivity index (χ0n) is 13.4. The number of hydrogen-bond acceptors (Lipinski definition) is 4. The molecule has 0 aromatic heterocycles. The van der Waals surface area contributed by atoms with Gasteiger partial charge in [-0.15, -0.1) is 0 Å². The van der Waals surface area contributed by atoms with E-state index in [1.54, 1.807) is 7.11 Å². The first-order valence-electron chi connectivity index (χ1n) is 7.91. The number of nitrogens with two attached hydrogens (primary N) is 1. The molecule has 118 valence electrons. The molecule has 4 nitrogen and oxygen atoms in total. The van der Waals surface area contributed by atoms with Crippen molar-refractivity contribution in [1.29, 1.82) is 0 Å². The average molecular weight is 292 g/mol. The molecule has 3 atom stereocenters. The van der Waals surface area contributed by atoms with Gasteiger partial charge in [0.25, 0.3) is 0 Å². The highest BCUT2D eigenvalue weighted by molar-refractivity contribution is 5.36. The maximum atomic E-state index is 6.30. The van der Waals surface area contributed by atoms with Gasteiger partial charge in [0, 0.05) is 24.8 Å². The van der Waals surface area contributed by atoms with Gasteiger partial charge >= 0.3 is 0 Å². The van der Waals surface area contributed by atoms with E-state index in [0.29, 0.717) is 6.10 Å². The van der Waals surface area contributed by atoms with Gasteiger partial charge in [-0.05, 0) is 32.4 Å². The number of benzene rings is 1. The van der Waals surface area contributed by atoms with Gasteiger partial charge in [-0.2, -0.15) is 0 Å². The van der Waals surface area contributed by atoms with Crippen LogP contribution in [0.4, 0.5) is 0 Å². The second kappa shape index (κ2) is 7.78. The summed E-state index contributed by atoms with van der Waals surface area (Å²) in [5.74, 6) is 0.908. The lowest BCUT2D eigenvalue weighted by molar-refractivity contribution is 0.0541. The average Bonchev–Trinajstić information content (AvgIpc) is 2.99. The molecule has 1 fully saturated rings. The summed E-state index contributed by atoms with van der Waals surface area (Å²) >= 11 is 0. The Hall–Kier alpha value is -1.10. The third-order valence-electron chi connectivity index (χ3n) is 4.22. The predicted octanol–water partition coefficient (Wildman–Crippen LogP) is 2.58. The zero-order chi connectivity index (χ0) is 15.2. The summed E-state index contributed by atoms with van der Waals surface area (Å²) in [6, 6.07) is 8.35. The molecule has 1 aromatic rings. The maximum Gasteiger partial charge on any atom is 0.123 e. The number of para-hydroxylation sites is 1. The van der Waals surface area contributed by atoms with Crippen molar-refractivity contribution in [2.45, 2.75) is 44.9 Å². The zero-order valence-corrected chi connectivity index (χ0v) is 13.4. The molecule has 0 spiro atoms. The van der Waals surface area contributed by atoms with Crippen molar-refractivity contribution in [2.75, 3.05) is 26.8 Å². The van der Waals surface area contributed by atoms with Crippen LogP contribution in [-0.4, -0.2) is 43.9 Å². The van der Waals surface area contributed by atoms with Crippen LogP contribution in [0.25, 0.3) is 0 Å². The Balaban J connectivity index is 2.22. The summed E-state index contributed by atoms with van der Waals surface area (Å²) in [5, 5.41) is 0. The molecule has 3 unspecified atom stereocenters. The Labute approximate surface area is 128 Å². The fraction of sp³-hybridized carbons (Fsp3) is 0.647. The first-order valence-corrected chi connectivity index (χ1v) is 7.91. The fourth-order valence-electron chi connectivity index (χ4n) is 3.21. The van der Waals surface area contributed by atoms with Crippen LogP contribution in [0.2, 0.25) is 0 Å². The molecule has 21 heavy (non-hydrogen) atoms. The molecule has 1 saturated heterocycles. The Morgan fingerprint density at radius 1 is 1.43 bits per heavy atom. The molecule has 1 aliphatic heterocycles. The molecule has 0 radical (unpaired) electrons. The van der Waals surface area contributed by atoms with Gasteiger partial charge in [0.05, 0.1) is 19.3 Å². The second-order valence-corrected chi connectivity index (χ2v) is 5.77. The van der Waals surface area contributed by atoms with E-state index in [2.05, 4.69) is 24.8 Å². The lowest BCUT2D eigenvalue weighted by atomic mass is 9.97. The fourth-order valence-corrected chi connectivity index (χ4v) is 3.21. The molecule has 1 aromatic carbocycles. The van der Waals surface area contributed by atoms with Crippen molar-refractivity contribution in [3.63, 3.8) is 0 Å². The smallest absolute Gasteiger partial charge is 0.123 e. The van der Waals surface area contributed by atoms with E-state index >= 15 is 0 Å². The van der Waals surface area contributed by atoms with Crippen LogP contribution in [0, 0.1) is 0 Å². The van der Waals surface area contributed by atoms with E-state index in [9.17, 15) is 0 Å². The summed E-state index contributed by atoms with van der Waals surface area (Å²) in [6.45, 7) is 7.01. The van der Waals surface area contributed by atoms with Crippen molar-refractivity contribution in [3.8, 4) is 5.75 Å². The SMILES string of the molecule is CCN(CC1CCCO1)C(c1ccccc1OC)C(C)N. The first kappa shape index (κ1) is 16.3. The minimum atomic E-state index is 0.0302. The molecule has 0 aliphatic carbocycles. The molecule has 0 amide bonds. The van der Waals surface area contributed by atoms with Crippen LogP contribution >= 0.6 is 0 Å². The highest BCUT2D eigenvalue weighted by Crippen LogP contribution is 2.32. The molecule has 0 bridgehead atoms. The molecule has 4 heteroatoms. The third-order valence-corrected chi connectivity index (χ3v) is 4.22. The summed E-state index contributed by atoms with van der Waals surface area (Å²) in [6.07, 6.45) is 2.65. The van der Waals surface area contributed by atoms with E-state index in [1.807, 2.05) is 18.2 Å². The second-order valence-electron chi connectivity index (χ2n) is 5.77. The van der Waals surface area contributed by atoms with Gasteiger partial charge in [-0.3, -0.25) is 4.90 Å². The first-order chi connectivity index (χ1) is 10.2. The lowest BCUT2D eigenvalue weighted by Gasteiger charge is -2.35. The molecule has 1 aliphatic rings. The molecular formula is C17H28N2O2. The van der Waals surface area contributed by atoms with Crippen LogP contribution < -0.4 is 10.5 Å². The molecule has 1 heterocycles. The van der Waals surface area contributed by atoms with Crippen molar-refractivity contribution in [1.82, 2.24) is 4.90 Å². The van der Waals surface area contributed by atoms with Crippen molar-refractivity contribution in [2.24, 2.45) is 5.73 Å². The van der Waals surface area contributed by atoms with E-state index in [0.717, 1.165) is 37.4 Å². The molecule has 2 rings (SSSR count). The molecular weight excluding hydrogens is 264 g/mol. The minimum absolute atomic E-state index is 0.0302. The van der Waals surface area contributed by atoms with Crippen LogP contribution in [0.15, 0.2) is 24.3 Å². The van der Waals surface area contributed by atoms with E-state index < -0.39 is 0 Å². The van der Waals surface area contributed by atoms with Crippen molar-refractivity contribution < 1.29 is 9.47 Å². The van der Waals surface area contributed by atoms with Crippen LogP contribution in [0.3, 0.4) is 0 Å². The third kappa shape index (κ3) is 3.96. The van der Waals surface area contributed by atoms with E-state index in [-0.39, 0.29) is 12.1 Å². The summed E-state index contributed by atoms with van der Waals surface area (Å²) in [5.41, 5.74) is 7.47. The van der Waals surface area contributed by atoms with E-state index in [1.165, 1.54) is 6.42 Å². The number of methoxy groups -OCH3 is 1. The Morgan fingerprint density at radius 3 is 2.76 bits per heavy atom. The number of nitrogens with zero attached hydrogens (tertiary/aromatic N) is 1. The number of likely N-dealkylation sites (N-methyl/N-ethyl adjacent to an activating group) is 1. The number of ether oxygens (including phenoxy) is 2. The Morgan fingerprint density at radius 2 is 2.19 bits per heavy atom. The van der Waals surface area contributed by atoms with Gasteiger partial charge < -0.3 is 15.2 Å². The monoisotopic (exact) mass is 292 g/mol. The molecule has 0 saturated carbocycles. The maximum absolute atomic E-state index is 6.30. The van der Waals surface area contributed by atoms with Crippen LogP contribution in [-0.2, 0) is 4.74 Å². The van der Waals surface area contributed by atoms with Gasteiger partial charge in [0.2, 0.25) is 0 Å². The van der Waals surface area contributed by atoms with Crippen LogP contribution in [0.5, 0.6) is 5.75 Å². The normalized spacial score (nSPS) is 21.5. The predicted molar refractivity (Wildman–Crippen MR) is 85.6 cm³/mol. The standard InChI is InChI=1S/C17H28N2O2/c1-4-19(12-14-8-7-11-21-14)17(13(2)18)15-9-5-6-10-16(15)20-3/h5-6,9-10,13-14,17H,4,7-8,11-12,18H2,1-3H3. The number of rotatable bonds is 7. The topological polar surface area (TPSA) is 47.7 Å². The quantitative estimate of drug-likeness (QED) is 0.839. The van der Waals surface area contributed by atoms with Crippen molar-refractivity contribution >= 4 is 0 Å². The summed E-state index contributed by atoms with van der Waals surface area (Å²) < 4.78 is 11.3.